The molecule has 1 aliphatic heterocycles. The topological polar surface area (TPSA) is 70.7 Å². The number of hydrogen-bond acceptors (Lipinski definition) is 4. The third-order valence-corrected chi connectivity index (χ3v) is 4.95. The number of benzene rings is 2. The van der Waals surface area contributed by atoms with Gasteiger partial charge in [-0.05, 0) is 48.4 Å². The van der Waals surface area contributed by atoms with Crippen molar-refractivity contribution in [2.45, 2.75) is 19.4 Å². The lowest BCUT2D eigenvalue weighted by atomic mass is 10.1. The quantitative estimate of drug-likeness (QED) is 0.649. The van der Waals surface area contributed by atoms with Crippen LogP contribution in [0.4, 0.5) is 5.69 Å². The molecule has 2 aromatic rings. The smallest absolute Gasteiger partial charge is 0.251 e. The number of amides is 2. The van der Waals surface area contributed by atoms with Crippen molar-refractivity contribution in [1.82, 2.24) is 10.2 Å². The predicted molar refractivity (Wildman–Crippen MR) is 114 cm³/mol. The summed E-state index contributed by atoms with van der Waals surface area (Å²) in [5.74, 6) is -0.207. The van der Waals surface area contributed by atoms with Gasteiger partial charge in [0.2, 0.25) is 5.91 Å². The molecule has 154 valence electrons. The number of carbonyl (C=O) groups is 2. The summed E-state index contributed by atoms with van der Waals surface area (Å²) in [5, 5.41) is 6.32. The number of nitrogens with zero attached hydrogens (tertiary/aromatic N) is 1. The maximum absolute atomic E-state index is 12.4. The van der Waals surface area contributed by atoms with E-state index in [0.29, 0.717) is 35.7 Å². The number of rotatable bonds is 8. The fourth-order valence-corrected chi connectivity index (χ4v) is 3.26. The first kappa shape index (κ1) is 21.3. The Labute approximate surface area is 176 Å². The molecular formula is C22H26ClN3O3. The highest BCUT2D eigenvalue weighted by Crippen LogP contribution is 2.14. The van der Waals surface area contributed by atoms with E-state index in [1.165, 1.54) is 0 Å². The molecule has 1 fully saturated rings. The Hall–Kier alpha value is -2.41. The van der Waals surface area contributed by atoms with Gasteiger partial charge in [0.25, 0.3) is 5.91 Å². The van der Waals surface area contributed by atoms with Crippen molar-refractivity contribution >= 4 is 29.1 Å². The monoisotopic (exact) mass is 415 g/mol. The van der Waals surface area contributed by atoms with Crippen LogP contribution in [0.3, 0.4) is 0 Å². The zero-order chi connectivity index (χ0) is 20.5. The van der Waals surface area contributed by atoms with Crippen LogP contribution in [0.25, 0.3) is 0 Å². The minimum Gasteiger partial charge on any atom is -0.379 e. The van der Waals surface area contributed by atoms with Crippen molar-refractivity contribution in [3.05, 3.63) is 64.7 Å². The maximum Gasteiger partial charge on any atom is 0.251 e. The second kappa shape index (κ2) is 11.0. The van der Waals surface area contributed by atoms with E-state index in [9.17, 15) is 9.59 Å². The molecule has 0 unspecified atom stereocenters. The molecule has 2 amide bonds. The number of morpholine rings is 1. The van der Waals surface area contributed by atoms with E-state index in [0.717, 1.165) is 38.4 Å². The van der Waals surface area contributed by atoms with Crippen molar-refractivity contribution in [2.75, 3.05) is 38.2 Å². The summed E-state index contributed by atoms with van der Waals surface area (Å²) in [7, 11) is 0. The summed E-state index contributed by atoms with van der Waals surface area (Å²) in [5.41, 5.74) is 2.46. The van der Waals surface area contributed by atoms with Crippen LogP contribution in [0.15, 0.2) is 48.5 Å². The number of ether oxygens (including phenoxy) is 1. The average molecular weight is 416 g/mol. The Morgan fingerprint density at radius 3 is 2.59 bits per heavy atom. The summed E-state index contributed by atoms with van der Waals surface area (Å²) in [6, 6.07) is 14.6. The van der Waals surface area contributed by atoms with E-state index >= 15 is 0 Å². The summed E-state index contributed by atoms with van der Waals surface area (Å²) < 4.78 is 5.37. The van der Waals surface area contributed by atoms with Crippen molar-refractivity contribution in [3.8, 4) is 0 Å². The molecule has 1 saturated heterocycles. The molecule has 29 heavy (non-hydrogen) atoms. The molecule has 0 spiro atoms. The van der Waals surface area contributed by atoms with Gasteiger partial charge in [0.05, 0.1) is 13.2 Å². The summed E-state index contributed by atoms with van der Waals surface area (Å²) in [4.78, 5) is 26.7. The summed E-state index contributed by atoms with van der Waals surface area (Å²) in [6.45, 7) is 4.59. The van der Waals surface area contributed by atoms with Gasteiger partial charge in [-0.3, -0.25) is 14.5 Å². The zero-order valence-corrected chi connectivity index (χ0v) is 17.1. The minimum atomic E-state index is -0.119. The predicted octanol–water partition coefficient (Wildman–Crippen LogP) is 3.32. The van der Waals surface area contributed by atoms with Gasteiger partial charge in [-0.25, -0.2) is 0 Å². The third-order valence-electron chi connectivity index (χ3n) is 4.69. The normalized spacial score (nSPS) is 14.4. The lowest BCUT2D eigenvalue weighted by Crippen LogP contribution is -2.35. The van der Waals surface area contributed by atoms with Gasteiger partial charge in [-0.15, -0.1) is 0 Å². The molecule has 0 bridgehead atoms. The lowest BCUT2D eigenvalue weighted by molar-refractivity contribution is -0.116. The van der Waals surface area contributed by atoms with Gasteiger partial charge in [0.1, 0.15) is 0 Å². The lowest BCUT2D eigenvalue weighted by Gasteiger charge is -2.26. The van der Waals surface area contributed by atoms with Gasteiger partial charge >= 0.3 is 0 Å². The second-order valence-electron chi connectivity index (χ2n) is 7.00. The van der Waals surface area contributed by atoms with Crippen molar-refractivity contribution in [2.24, 2.45) is 0 Å². The largest absolute Gasteiger partial charge is 0.379 e. The highest BCUT2D eigenvalue weighted by atomic mass is 35.5. The van der Waals surface area contributed by atoms with E-state index in [-0.39, 0.29) is 11.8 Å². The first-order valence-electron chi connectivity index (χ1n) is 9.83. The molecule has 6 nitrogen and oxygen atoms in total. The highest BCUT2D eigenvalue weighted by molar-refractivity contribution is 6.30. The van der Waals surface area contributed by atoms with Crippen LogP contribution in [0, 0.1) is 0 Å². The molecule has 0 atom stereocenters. The minimum absolute atomic E-state index is 0.0888. The van der Waals surface area contributed by atoms with Gasteiger partial charge in [-0.2, -0.15) is 0 Å². The molecular weight excluding hydrogens is 390 g/mol. The number of nitrogens with one attached hydrogen (secondary N) is 2. The van der Waals surface area contributed by atoms with Crippen molar-refractivity contribution < 1.29 is 14.3 Å². The first-order chi connectivity index (χ1) is 14.1. The van der Waals surface area contributed by atoms with Crippen molar-refractivity contribution in [3.63, 3.8) is 0 Å². The van der Waals surface area contributed by atoms with E-state index in [1.807, 2.05) is 24.3 Å². The number of carbonyl (C=O) groups excluding carboxylic acids is 2. The third kappa shape index (κ3) is 7.16. The van der Waals surface area contributed by atoms with Crippen LogP contribution in [-0.2, 0) is 16.1 Å². The zero-order valence-electron chi connectivity index (χ0n) is 16.3. The number of anilines is 1. The summed E-state index contributed by atoms with van der Waals surface area (Å²) in [6.07, 6.45) is 0.901. The molecule has 7 heteroatoms. The first-order valence-corrected chi connectivity index (χ1v) is 10.2. The standard InChI is InChI=1S/C22H26ClN3O3/c23-19-6-8-20(9-7-19)25-21(27)5-2-10-24-22(28)18-4-1-3-17(15-18)16-26-11-13-29-14-12-26/h1,3-4,6-9,15H,2,5,10-14,16H2,(H,24,28)(H,25,27). The van der Waals surface area contributed by atoms with Crippen LogP contribution in [0.1, 0.15) is 28.8 Å². The fraction of sp³-hybridized carbons (Fsp3) is 0.364. The van der Waals surface area contributed by atoms with E-state index in [2.05, 4.69) is 15.5 Å². The van der Waals surface area contributed by atoms with Gasteiger partial charge in [0, 0.05) is 48.9 Å². The van der Waals surface area contributed by atoms with Gasteiger partial charge < -0.3 is 15.4 Å². The average Bonchev–Trinajstić information content (AvgIpc) is 2.74. The Balaban J connectivity index is 1.39. The van der Waals surface area contributed by atoms with E-state index < -0.39 is 0 Å². The van der Waals surface area contributed by atoms with Gasteiger partial charge in [-0.1, -0.05) is 23.7 Å². The molecule has 2 aromatic carbocycles. The van der Waals surface area contributed by atoms with Crippen LogP contribution < -0.4 is 10.6 Å². The second-order valence-corrected chi connectivity index (χ2v) is 7.44. The Kier molecular flexibility index (Phi) is 8.04. The number of hydrogen-bond donors (Lipinski definition) is 2. The molecule has 0 aliphatic carbocycles. The molecule has 3 rings (SSSR count). The van der Waals surface area contributed by atoms with Crippen LogP contribution in [-0.4, -0.2) is 49.6 Å². The maximum atomic E-state index is 12.4. The number of halogens is 1. The summed E-state index contributed by atoms with van der Waals surface area (Å²) >= 11 is 5.83. The molecule has 1 aliphatic rings. The highest BCUT2D eigenvalue weighted by Gasteiger charge is 2.12. The van der Waals surface area contributed by atoms with Crippen LogP contribution >= 0.6 is 11.6 Å². The van der Waals surface area contributed by atoms with E-state index in [1.54, 1.807) is 24.3 Å². The van der Waals surface area contributed by atoms with E-state index in [4.69, 9.17) is 16.3 Å². The van der Waals surface area contributed by atoms with Crippen LogP contribution in [0.5, 0.6) is 0 Å². The molecule has 0 radical (unpaired) electrons. The van der Waals surface area contributed by atoms with Crippen molar-refractivity contribution in [1.29, 1.82) is 0 Å². The SMILES string of the molecule is O=C(CCCNC(=O)c1cccc(CN2CCOCC2)c1)Nc1ccc(Cl)cc1. The van der Waals surface area contributed by atoms with Crippen LogP contribution in [0.2, 0.25) is 5.02 Å². The Morgan fingerprint density at radius 1 is 1.07 bits per heavy atom. The Bertz CT molecular complexity index is 820. The molecule has 1 heterocycles. The fourth-order valence-electron chi connectivity index (χ4n) is 3.14. The van der Waals surface area contributed by atoms with Gasteiger partial charge in [0.15, 0.2) is 0 Å². The molecule has 0 aromatic heterocycles. The molecule has 0 saturated carbocycles. The molecule has 2 N–H and O–H groups in total. The Morgan fingerprint density at radius 2 is 1.83 bits per heavy atom.